The Hall–Kier alpha value is -2.85. The van der Waals surface area contributed by atoms with Crippen LogP contribution in [0.1, 0.15) is 18.2 Å². The van der Waals surface area contributed by atoms with Crippen molar-refractivity contribution in [3.05, 3.63) is 70.7 Å². The quantitative estimate of drug-likeness (QED) is 0.396. The Morgan fingerprint density at radius 1 is 1.23 bits per heavy atom. The van der Waals surface area contributed by atoms with Gasteiger partial charge in [-0.2, -0.15) is 13.2 Å². The normalized spacial score (nSPS) is 11.7. The van der Waals surface area contributed by atoms with Crippen LogP contribution in [0.3, 0.4) is 0 Å². The van der Waals surface area contributed by atoms with Crippen LogP contribution in [0.4, 0.5) is 13.2 Å². The van der Waals surface area contributed by atoms with Gasteiger partial charge < -0.3 is 14.5 Å². The van der Waals surface area contributed by atoms with Crippen LogP contribution >= 0.6 is 15.9 Å². The number of nitrogens with zero attached hydrogens (tertiary/aromatic N) is 3. The lowest BCUT2D eigenvalue weighted by molar-refractivity contribution is -0.192. The van der Waals surface area contributed by atoms with Crippen LogP contribution in [0.25, 0.3) is 16.6 Å². The van der Waals surface area contributed by atoms with Gasteiger partial charge in [0.2, 0.25) is 0 Å². The predicted octanol–water partition coefficient (Wildman–Crippen LogP) is 5.23. The van der Waals surface area contributed by atoms with Gasteiger partial charge in [-0.1, -0.05) is 28.9 Å². The first kappa shape index (κ1) is 22.8. The summed E-state index contributed by atoms with van der Waals surface area (Å²) in [6.45, 7) is 4.96. The maximum Gasteiger partial charge on any atom is 0.490 e. The first-order chi connectivity index (χ1) is 14.7. The average Bonchev–Trinajstić information content (AvgIpc) is 3.32. The Kier molecular flexibility index (Phi) is 7.01. The molecule has 0 bridgehead atoms. The Labute approximate surface area is 184 Å². The van der Waals surface area contributed by atoms with E-state index in [1.165, 1.54) is 16.5 Å². The molecule has 0 aliphatic heterocycles. The van der Waals surface area contributed by atoms with E-state index in [9.17, 15) is 13.2 Å². The zero-order chi connectivity index (χ0) is 22.6. The molecule has 0 radical (unpaired) electrons. The van der Waals surface area contributed by atoms with Gasteiger partial charge in [-0.05, 0) is 47.8 Å². The highest BCUT2D eigenvalue weighted by atomic mass is 79.9. The minimum atomic E-state index is -5.08. The van der Waals surface area contributed by atoms with E-state index >= 15 is 0 Å². The molecule has 4 aromatic rings. The SMILES string of the molecule is CCN(Cc1ccc2[nH]ccc2c1)Cc1cn2ccc(Br)cc2n1.O=C(O)C(F)(F)F. The lowest BCUT2D eigenvalue weighted by Gasteiger charge is -2.19. The molecule has 0 atom stereocenters. The Morgan fingerprint density at radius 2 is 1.97 bits per heavy atom. The number of imidazole rings is 1. The molecule has 4 rings (SSSR count). The Morgan fingerprint density at radius 3 is 2.65 bits per heavy atom. The number of alkyl halides is 3. The van der Waals surface area contributed by atoms with Crippen LogP contribution < -0.4 is 0 Å². The smallest absolute Gasteiger partial charge is 0.475 e. The third kappa shape index (κ3) is 6.08. The lowest BCUT2D eigenvalue weighted by atomic mass is 10.1. The van der Waals surface area contributed by atoms with E-state index in [-0.39, 0.29) is 0 Å². The zero-order valence-corrected chi connectivity index (χ0v) is 18.1. The summed E-state index contributed by atoms with van der Waals surface area (Å²) in [6, 6.07) is 12.8. The van der Waals surface area contributed by atoms with Crippen molar-refractivity contribution < 1.29 is 23.1 Å². The summed E-state index contributed by atoms with van der Waals surface area (Å²) in [5, 5.41) is 8.39. The summed E-state index contributed by atoms with van der Waals surface area (Å²) in [7, 11) is 0. The number of pyridine rings is 1. The summed E-state index contributed by atoms with van der Waals surface area (Å²) in [5.41, 5.74) is 4.59. The monoisotopic (exact) mass is 496 g/mol. The van der Waals surface area contributed by atoms with Crippen molar-refractivity contribution in [3.63, 3.8) is 0 Å². The number of aromatic nitrogens is 3. The van der Waals surface area contributed by atoms with E-state index in [1.54, 1.807) is 0 Å². The number of rotatable bonds is 5. The molecule has 0 aliphatic rings. The number of nitrogens with one attached hydrogen (secondary N) is 1. The number of aromatic amines is 1. The van der Waals surface area contributed by atoms with Gasteiger partial charge in [0.25, 0.3) is 0 Å². The first-order valence-electron chi connectivity index (χ1n) is 9.37. The van der Waals surface area contributed by atoms with E-state index in [4.69, 9.17) is 14.9 Å². The molecule has 1 aromatic carbocycles. The van der Waals surface area contributed by atoms with Crippen LogP contribution in [0.5, 0.6) is 0 Å². The molecule has 0 saturated heterocycles. The van der Waals surface area contributed by atoms with Crippen molar-refractivity contribution in [2.24, 2.45) is 0 Å². The van der Waals surface area contributed by atoms with Crippen molar-refractivity contribution in [1.29, 1.82) is 0 Å². The molecule has 2 N–H and O–H groups in total. The molecule has 0 aliphatic carbocycles. The largest absolute Gasteiger partial charge is 0.490 e. The number of hydrogen-bond donors (Lipinski definition) is 2. The fraction of sp³-hybridized carbons (Fsp3) is 0.238. The van der Waals surface area contributed by atoms with Gasteiger partial charge in [0.05, 0.1) is 5.69 Å². The van der Waals surface area contributed by atoms with E-state index in [0.717, 1.165) is 35.4 Å². The van der Waals surface area contributed by atoms with E-state index in [0.29, 0.717) is 0 Å². The molecule has 10 heteroatoms. The van der Waals surface area contributed by atoms with Crippen molar-refractivity contribution in [3.8, 4) is 0 Å². The van der Waals surface area contributed by atoms with Crippen molar-refractivity contribution in [2.75, 3.05) is 6.54 Å². The van der Waals surface area contributed by atoms with Gasteiger partial charge in [0, 0.05) is 41.7 Å². The molecule has 164 valence electrons. The number of fused-ring (bicyclic) bond motifs is 2. The van der Waals surface area contributed by atoms with Gasteiger partial charge in [-0.25, -0.2) is 9.78 Å². The number of aliphatic carboxylic acids is 1. The van der Waals surface area contributed by atoms with Gasteiger partial charge in [-0.15, -0.1) is 0 Å². The number of carbonyl (C=O) groups is 1. The highest BCUT2D eigenvalue weighted by Gasteiger charge is 2.38. The number of H-pyrrole nitrogens is 1. The summed E-state index contributed by atoms with van der Waals surface area (Å²) in [4.78, 5) is 19.3. The van der Waals surface area contributed by atoms with Gasteiger partial charge >= 0.3 is 12.1 Å². The second-order valence-corrected chi connectivity index (χ2v) is 7.76. The maximum atomic E-state index is 10.6. The molecular weight excluding hydrogens is 477 g/mol. The molecule has 3 aromatic heterocycles. The summed E-state index contributed by atoms with van der Waals surface area (Å²) in [5.74, 6) is -2.76. The third-order valence-electron chi connectivity index (χ3n) is 4.57. The minimum absolute atomic E-state index is 0.848. The highest BCUT2D eigenvalue weighted by molar-refractivity contribution is 9.10. The number of carboxylic acids is 1. The predicted molar refractivity (Wildman–Crippen MR) is 115 cm³/mol. The van der Waals surface area contributed by atoms with Crippen molar-refractivity contribution >= 4 is 38.4 Å². The van der Waals surface area contributed by atoms with Gasteiger partial charge in [0.1, 0.15) is 5.65 Å². The third-order valence-corrected chi connectivity index (χ3v) is 5.06. The number of benzene rings is 1. The standard InChI is InChI=1S/C19H19BrN4.C2HF3O2/c1-2-23(11-14-3-4-18-15(9-14)5-7-21-18)12-17-13-24-8-6-16(20)10-19(24)22-17;3-2(4,5)1(6)7/h3-10,13,21H,2,11-12H2,1H3;(H,6,7). The first-order valence-corrected chi connectivity index (χ1v) is 10.2. The van der Waals surface area contributed by atoms with Crippen LogP contribution in [0.2, 0.25) is 0 Å². The molecule has 0 amide bonds. The number of carboxylic acid groups (broad SMARTS) is 1. The van der Waals surface area contributed by atoms with Crippen LogP contribution in [0, 0.1) is 0 Å². The summed E-state index contributed by atoms with van der Waals surface area (Å²) >= 11 is 3.50. The van der Waals surface area contributed by atoms with Crippen LogP contribution in [-0.4, -0.2) is 43.1 Å². The number of hydrogen-bond acceptors (Lipinski definition) is 3. The molecule has 6 nitrogen and oxygen atoms in total. The molecule has 3 heterocycles. The highest BCUT2D eigenvalue weighted by Crippen LogP contribution is 2.18. The lowest BCUT2D eigenvalue weighted by Crippen LogP contribution is -2.22. The Balaban J connectivity index is 0.000000339. The second-order valence-electron chi connectivity index (χ2n) is 6.85. The van der Waals surface area contributed by atoms with Crippen molar-refractivity contribution in [2.45, 2.75) is 26.2 Å². The van der Waals surface area contributed by atoms with Gasteiger partial charge in [0.15, 0.2) is 0 Å². The van der Waals surface area contributed by atoms with E-state index in [1.807, 2.05) is 24.5 Å². The Bertz CT molecular complexity index is 1190. The molecule has 0 saturated carbocycles. The molecule has 31 heavy (non-hydrogen) atoms. The second kappa shape index (κ2) is 9.52. The van der Waals surface area contributed by atoms with E-state index in [2.05, 4.69) is 67.6 Å². The molecule has 0 unspecified atom stereocenters. The molecule has 0 spiro atoms. The maximum absolute atomic E-state index is 10.6. The summed E-state index contributed by atoms with van der Waals surface area (Å²) in [6.07, 6.45) is 1.05. The average molecular weight is 497 g/mol. The fourth-order valence-corrected chi connectivity index (χ4v) is 3.38. The molecule has 0 fully saturated rings. The number of halogens is 4. The van der Waals surface area contributed by atoms with Crippen LogP contribution in [0.15, 0.2) is 59.5 Å². The summed E-state index contributed by atoms with van der Waals surface area (Å²) < 4.78 is 34.9. The van der Waals surface area contributed by atoms with Gasteiger partial charge in [-0.3, -0.25) is 4.90 Å². The topological polar surface area (TPSA) is 73.6 Å². The zero-order valence-electron chi connectivity index (χ0n) is 16.5. The fourth-order valence-electron chi connectivity index (χ4n) is 3.05. The molecular formula is C21H20BrF3N4O2. The van der Waals surface area contributed by atoms with E-state index < -0.39 is 12.1 Å². The van der Waals surface area contributed by atoms with Crippen LogP contribution in [-0.2, 0) is 17.9 Å². The van der Waals surface area contributed by atoms with Crippen molar-refractivity contribution in [1.82, 2.24) is 19.3 Å². The minimum Gasteiger partial charge on any atom is -0.475 e.